The lowest BCUT2D eigenvalue weighted by Crippen LogP contribution is -2.60. The van der Waals surface area contributed by atoms with Crippen molar-refractivity contribution in [2.45, 2.75) is 91.8 Å². The van der Waals surface area contributed by atoms with E-state index in [1.165, 1.54) is 4.90 Å². The predicted octanol–water partition coefficient (Wildman–Crippen LogP) is 0.535. The zero-order valence-corrected chi connectivity index (χ0v) is 24.2. The number of hydrogen-bond donors (Lipinski definition) is 4. The van der Waals surface area contributed by atoms with Gasteiger partial charge < -0.3 is 31.5 Å². The molecule has 6 amide bonds. The van der Waals surface area contributed by atoms with Crippen LogP contribution in [0.25, 0.3) is 0 Å². The van der Waals surface area contributed by atoms with E-state index in [1.807, 2.05) is 20.8 Å². The summed E-state index contributed by atoms with van der Waals surface area (Å²) >= 11 is 0. The Morgan fingerprint density at radius 2 is 1.59 bits per heavy atom. The maximum Gasteiger partial charge on any atom is 0.315 e. The Labute approximate surface area is 231 Å². The Morgan fingerprint density at radius 3 is 2.08 bits per heavy atom. The Hall–Kier alpha value is -3.18. The van der Waals surface area contributed by atoms with E-state index in [1.54, 1.807) is 25.7 Å². The molecular formula is C27H46N6O6. The number of likely N-dealkylation sites (tertiary alicyclic amines) is 1. The monoisotopic (exact) mass is 550 g/mol. The fourth-order valence-corrected chi connectivity index (χ4v) is 4.91. The molecule has 0 spiro atoms. The molecule has 5 N–H and O–H groups in total. The molecule has 220 valence electrons. The Bertz CT molecular complexity index is 940. The molecule has 1 saturated heterocycles. The van der Waals surface area contributed by atoms with Crippen molar-refractivity contribution in [2.75, 3.05) is 26.2 Å². The van der Waals surface area contributed by atoms with E-state index in [0.29, 0.717) is 32.5 Å². The van der Waals surface area contributed by atoms with Gasteiger partial charge in [-0.05, 0) is 43.9 Å². The van der Waals surface area contributed by atoms with Crippen LogP contribution in [-0.4, -0.2) is 89.5 Å². The average Bonchev–Trinajstić information content (AvgIpc) is 3.58. The van der Waals surface area contributed by atoms with Gasteiger partial charge in [0.05, 0.1) is 12.6 Å². The number of carbonyl (C=O) groups is 6. The van der Waals surface area contributed by atoms with Gasteiger partial charge in [-0.1, -0.05) is 47.0 Å². The molecule has 12 heteroatoms. The number of carbonyl (C=O) groups excluding carboxylic acids is 6. The van der Waals surface area contributed by atoms with Gasteiger partial charge in [-0.2, -0.15) is 0 Å². The Kier molecular flexibility index (Phi) is 11.3. The summed E-state index contributed by atoms with van der Waals surface area (Å²) in [7, 11) is 0. The number of rotatable bonds is 13. The lowest BCUT2D eigenvalue weighted by molar-refractivity contribution is -0.143. The number of primary amides is 1. The van der Waals surface area contributed by atoms with Crippen molar-refractivity contribution in [1.29, 1.82) is 0 Å². The average molecular weight is 551 g/mol. The lowest BCUT2D eigenvalue weighted by atomic mass is 9.85. The number of nitrogens with zero attached hydrogens (tertiary/aromatic N) is 2. The van der Waals surface area contributed by atoms with E-state index in [4.69, 9.17) is 5.73 Å². The van der Waals surface area contributed by atoms with Crippen molar-refractivity contribution in [2.24, 2.45) is 23.0 Å². The zero-order valence-electron chi connectivity index (χ0n) is 24.2. The fourth-order valence-electron chi connectivity index (χ4n) is 4.91. The third kappa shape index (κ3) is 8.93. The van der Waals surface area contributed by atoms with Gasteiger partial charge in [0, 0.05) is 19.6 Å². The standard InChI is InChI=1S/C27H46N6O6/c1-7-16-13-19(24(37)30-18(12-17-10-11-17)21(35)23(28)36)33(15-16)25(38)22(27(4,5)6)31-26(39)29-14-20(34)32(8-2)9-3/h16-19,22H,7-15H2,1-6H3,(H2,28,36)(H,30,37)(H2,29,31,39)/t16-,18?,19+,22-/m1/s1. The normalized spacial score (nSPS) is 20.5. The van der Waals surface area contributed by atoms with Crippen LogP contribution in [0.1, 0.15) is 73.6 Å². The van der Waals surface area contributed by atoms with Gasteiger partial charge in [-0.3, -0.25) is 24.0 Å². The molecule has 4 atom stereocenters. The smallest absolute Gasteiger partial charge is 0.315 e. The summed E-state index contributed by atoms with van der Waals surface area (Å²) in [5.74, 6) is -2.81. The number of nitrogens with two attached hydrogens (primary N) is 1. The molecule has 0 aromatic rings. The number of likely N-dealkylation sites (N-methyl/N-ethyl adjacent to an activating group) is 1. The SMILES string of the molecule is CC[C@@H]1C[C@@H](C(=O)NC(CC2CC2)C(=O)C(N)=O)N(C(=O)[C@@H](NC(=O)NCC(=O)N(CC)CC)C(C)(C)C)C1. The molecule has 0 radical (unpaired) electrons. The van der Waals surface area contributed by atoms with Gasteiger partial charge >= 0.3 is 6.03 Å². The summed E-state index contributed by atoms with van der Waals surface area (Å²) in [5.41, 5.74) is 4.51. The number of hydrogen-bond acceptors (Lipinski definition) is 6. The molecule has 2 fully saturated rings. The number of nitrogens with one attached hydrogen (secondary N) is 3. The minimum atomic E-state index is -1.10. The molecule has 0 bridgehead atoms. The zero-order chi connectivity index (χ0) is 29.5. The minimum absolute atomic E-state index is 0.0551. The first kappa shape index (κ1) is 32.0. The molecule has 0 aromatic heterocycles. The second-order valence-corrected chi connectivity index (χ2v) is 11.7. The molecule has 1 unspecified atom stereocenters. The van der Waals surface area contributed by atoms with E-state index in [9.17, 15) is 28.8 Å². The summed E-state index contributed by atoms with van der Waals surface area (Å²) in [6.07, 6.45) is 3.32. The van der Waals surface area contributed by atoms with E-state index < -0.39 is 53.1 Å². The minimum Gasteiger partial charge on any atom is -0.363 e. The van der Waals surface area contributed by atoms with Gasteiger partial charge in [0.2, 0.25) is 23.5 Å². The highest BCUT2D eigenvalue weighted by atomic mass is 16.2. The third-order valence-electron chi connectivity index (χ3n) is 7.60. The summed E-state index contributed by atoms with van der Waals surface area (Å²) in [5, 5.41) is 7.93. The number of Topliss-reactive ketones (excluding diaryl/α,β-unsaturated/α-hetero) is 1. The molecule has 39 heavy (non-hydrogen) atoms. The quantitative estimate of drug-likeness (QED) is 0.244. The summed E-state index contributed by atoms with van der Waals surface area (Å²) < 4.78 is 0. The summed E-state index contributed by atoms with van der Waals surface area (Å²) in [6, 6.07) is -3.52. The molecule has 12 nitrogen and oxygen atoms in total. The van der Waals surface area contributed by atoms with Crippen molar-refractivity contribution in [1.82, 2.24) is 25.8 Å². The Morgan fingerprint density at radius 1 is 0.974 bits per heavy atom. The number of urea groups is 1. The lowest BCUT2D eigenvalue weighted by Gasteiger charge is -2.35. The topological polar surface area (TPSA) is 171 Å². The van der Waals surface area contributed by atoms with Crippen LogP contribution in [0.5, 0.6) is 0 Å². The van der Waals surface area contributed by atoms with Crippen molar-refractivity contribution in [3.63, 3.8) is 0 Å². The molecular weight excluding hydrogens is 504 g/mol. The first-order valence-corrected chi connectivity index (χ1v) is 14.0. The molecule has 1 heterocycles. The maximum atomic E-state index is 13.8. The van der Waals surface area contributed by atoms with Gasteiger partial charge in [0.25, 0.3) is 5.91 Å². The van der Waals surface area contributed by atoms with Crippen LogP contribution in [0.15, 0.2) is 0 Å². The molecule has 2 rings (SSSR count). The second-order valence-electron chi connectivity index (χ2n) is 11.7. The van der Waals surface area contributed by atoms with Crippen molar-refractivity contribution < 1.29 is 28.8 Å². The van der Waals surface area contributed by atoms with Crippen LogP contribution in [0.4, 0.5) is 4.79 Å². The molecule has 2 aliphatic rings. The van der Waals surface area contributed by atoms with Gasteiger partial charge in [-0.15, -0.1) is 0 Å². The van der Waals surface area contributed by atoms with E-state index in [2.05, 4.69) is 16.0 Å². The van der Waals surface area contributed by atoms with E-state index in [-0.39, 0.29) is 24.3 Å². The van der Waals surface area contributed by atoms with Crippen LogP contribution in [0.2, 0.25) is 0 Å². The van der Waals surface area contributed by atoms with Crippen LogP contribution >= 0.6 is 0 Å². The summed E-state index contributed by atoms with van der Waals surface area (Å²) in [4.78, 5) is 79.3. The molecule has 1 aliphatic carbocycles. The summed E-state index contributed by atoms with van der Waals surface area (Å²) in [6.45, 7) is 12.2. The number of amides is 6. The van der Waals surface area contributed by atoms with Gasteiger partial charge in [0.15, 0.2) is 0 Å². The molecule has 0 aromatic carbocycles. The second kappa shape index (κ2) is 13.7. The van der Waals surface area contributed by atoms with Crippen LogP contribution in [-0.2, 0) is 24.0 Å². The van der Waals surface area contributed by atoms with Crippen LogP contribution in [0.3, 0.4) is 0 Å². The van der Waals surface area contributed by atoms with Crippen molar-refractivity contribution in [3.8, 4) is 0 Å². The molecule has 1 aliphatic heterocycles. The van der Waals surface area contributed by atoms with Gasteiger partial charge in [-0.25, -0.2) is 4.79 Å². The highest BCUT2D eigenvalue weighted by molar-refractivity contribution is 6.37. The maximum absolute atomic E-state index is 13.8. The van der Waals surface area contributed by atoms with Gasteiger partial charge in [0.1, 0.15) is 12.1 Å². The Balaban J connectivity index is 2.18. The number of ketones is 1. The highest BCUT2D eigenvalue weighted by Crippen LogP contribution is 2.34. The largest absolute Gasteiger partial charge is 0.363 e. The first-order chi connectivity index (χ1) is 18.2. The van der Waals surface area contributed by atoms with E-state index in [0.717, 1.165) is 19.3 Å². The molecule has 1 saturated carbocycles. The first-order valence-electron chi connectivity index (χ1n) is 14.0. The van der Waals surface area contributed by atoms with Crippen LogP contribution in [0, 0.1) is 17.3 Å². The van der Waals surface area contributed by atoms with Crippen LogP contribution < -0.4 is 21.7 Å². The van der Waals surface area contributed by atoms with E-state index >= 15 is 0 Å². The third-order valence-corrected chi connectivity index (χ3v) is 7.60. The highest BCUT2D eigenvalue weighted by Gasteiger charge is 2.45. The predicted molar refractivity (Wildman–Crippen MR) is 145 cm³/mol. The fraction of sp³-hybridized carbons (Fsp3) is 0.778. The van der Waals surface area contributed by atoms with Crippen molar-refractivity contribution >= 4 is 35.4 Å². The van der Waals surface area contributed by atoms with Crippen molar-refractivity contribution in [3.05, 3.63) is 0 Å².